The highest BCUT2D eigenvalue weighted by Crippen LogP contribution is 2.27. The number of rotatable bonds is 7. The number of nitrogens with zero attached hydrogens (tertiary/aromatic N) is 1. The van der Waals surface area contributed by atoms with E-state index in [1.807, 2.05) is 0 Å². The molecule has 0 bridgehead atoms. The van der Waals surface area contributed by atoms with E-state index in [1.165, 1.54) is 31.0 Å². The molecule has 3 amide bonds. The van der Waals surface area contributed by atoms with Crippen LogP contribution in [0.15, 0.2) is 18.2 Å². The number of anilines is 2. The monoisotopic (exact) mass is 446 g/mol. The Bertz CT molecular complexity index is 771. The van der Waals surface area contributed by atoms with Gasteiger partial charge in [-0.05, 0) is 63.4 Å². The molecule has 2 aliphatic heterocycles. The van der Waals surface area contributed by atoms with Crippen LogP contribution in [0.2, 0.25) is 0 Å². The second-order valence-corrected chi connectivity index (χ2v) is 9.29. The molecule has 2 atom stereocenters. The van der Waals surface area contributed by atoms with Gasteiger partial charge in [0.15, 0.2) is 0 Å². The van der Waals surface area contributed by atoms with Gasteiger partial charge in [0.05, 0.1) is 12.3 Å². The molecule has 3 N–H and O–H groups in total. The first kappa shape index (κ1) is 23.0. The maximum absolute atomic E-state index is 14.3. The summed E-state index contributed by atoms with van der Waals surface area (Å²) in [6, 6.07) is 4.20. The number of amides is 3. The van der Waals surface area contributed by atoms with Crippen LogP contribution in [0.1, 0.15) is 51.4 Å². The Morgan fingerprint density at radius 1 is 1.06 bits per heavy atom. The molecule has 32 heavy (non-hydrogen) atoms. The van der Waals surface area contributed by atoms with Crippen molar-refractivity contribution in [1.29, 1.82) is 0 Å². The number of carbonyl (C=O) groups excluding carboxylic acids is 2. The van der Waals surface area contributed by atoms with Crippen molar-refractivity contribution < 1.29 is 18.7 Å². The molecule has 0 aromatic heterocycles. The molecule has 0 unspecified atom stereocenters. The van der Waals surface area contributed by atoms with E-state index in [-0.39, 0.29) is 29.6 Å². The molecule has 1 aromatic carbocycles. The van der Waals surface area contributed by atoms with Crippen LogP contribution in [-0.4, -0.2) is 55.7 Å². The summed E-state index contributed by atoms with van der Waals surface area (Å²) < 4.78 is 19.8. The lowest BCUT2D eigenvalue weighted by molar-refractivity contribution is -0.120. The van der Waals surface area contributed by atoms with Crippen LogP contribution in [0.5, 0.6) is 0 Å². The fourth-order valence-electron chi connectivity index (χ4n) is 5.19. The van der Waals surface area contributed by atoms with E-state index >= 15 is 0 Å². The van der Waals surface area contributed by atoms with Crippen molar-refractivity contribution in [3.63, 3.8) is 0 Å². The predicted molar refractivity (Wildman–Crippen MR) is 122 cm³/mol. The number of carbonyl (C=O) groups is 2. The highest BCUT2D eigenvalue weighted by atomic mass is 19.1. The van der Waals surface area contributed by atoms with E-state index in [4.69, 9.17) is 4.74 Å². The summed E-state index contributed by atoms with van der Waals surface area (Å²) in [6.07, 6.45) is 8.32. The van der Waals surface area contributed by atoms with Gasteiger partial charge in [-0.3, -0.25) is 9.69 Å². The van der Waals surface area contributed by atoms with Crippen molar-refractivity contribution in [2.45, 2.75) is 57.4 Å². The number of urea groups is 1. The lowest BCUT2D eigenvalue weighted by Gasteiger charge is -2.32. The number of benzene rings is 1. The molecule has 3 aliphatic rings. The minimum atomic E-state index is -0.504. The zero-order valence-corrected chi connectivity index (χ0v) is 18.7. The van der Waals surface area contributed by atoms with E-state index in [2.05, 4.69) is 20.9 Å². The molecule has 176 valence electrons. The Morgan fingerprint density at radius 2 is 1.84 bits per heavy atom. The van der Waals surface area contributed by atoms with Gasteiger partial charge >= 0.3 is 6.03 Å². The standard InChI is InChI=1S/C24H35FN4O3/c25-20-9-8-19(14-21(20)28-23(30)17-6-2-1-3-7-17)27-24(31)26-15-22(18-10-13-32-16-18)29-11-4-5-12-29/h8-9,14,17-18,22H,1-7,10-13,15-16H2,(H,28,30)(H2,26,27,31)/t18-,22+/m1/s1. The number of hydrogen-bond acceptors (Lipinski definition) is 4. The highest BCUT2D eigenvalue weighted by Gasteiger charge is 2.32. The lowest BCUT2D eigenvalue weighted by atomic mass is 9.88. The first-order valence-electron chi connectivity index (χ1n) is 12.1. The van der Waals surface area contributed by atoms with E-state index in [0.29, 0.717) is 18.2 Å². The largest absolute Gasteiger partial charge is 0.381 e. The minimum Gasteiger partial charge on any atom is -0.381 e. The molecule has 1 aromatic rings. The molecule has 0 radical (unpaired) electrons. The smallest absolute Gasteiger partial charge is 0.319 e. The Labute approximate surface area is 189 Å². The average molecular weight is 447 g/mol. The fraction of sp³-hybridized carbons (Fsp3) is 0.667. The van der Waals surface area contributed by atoms with Crippen LogP contribution in [0.4, 0.5) is 20.6 Å². The second kappa shape index (κ2) is 11.1. The van der Waals surface area contributed by atoms with Crippen molar-refractivity contribution in [3.05, 3.63) is 24.0 Å². The molecular weight excluding hydrogens is 411 g/mol. The second-order valence-electron chi connectivity index (χ2n) is 9.29. The zero-order chi connectivity index (χ0) is 22.3. The zero-order valence-electron chi connectivity index (χ0n) is 18.7. The van der Waals surface area contributed by atoms with E-state index < -0.39 is 5.82 Å². The number of ether oxygens (including phenoxy) is 1. The third-order valence-corrected chi connectivity index (χ3v) is 7.05. The summed E-state index contributed by atoms with van der Waals surface area (Å²) in [5.74, 6) is -0.279. The maximum Gasteiger partial charge on any atom is 0.319 e. The topological polar surface area (TPSA) is 82.7 Å². The summed E-state index contributed by atoms with van der Waals surface area (Å²) in [6.45, 7) is 4.20. The molecule has 2 heterocycles. The number of halogens is 1. The van der Waals surface area contributed by atoms with Gasteiger partial charge in [-0.2, -0.15) is 0 Å². The Hall–Kier alpha value is -2.19. The van der Waals surface area contributed by atoms with Gasteiger partial charge < -0.3 is 20.7 Å². The fourth-order valence-corrected chi connectivity index (χ4v) is 5.19. The van der Waals surface area contributed by atoms with Crippen LogP contribution in [0.25, 0.3) is 0 Å². The summed E-state index contributed by atoms with van der Waals surface area (Å²) in [5, 5.41) is 8.48. The van der Waals surface area contributed by atoms with Gasteiger partial charge in [-0.15, -0.1) is 0 Å². The molecule has 7 nitrogen and oxygen atoms in total. The first-order chi connectivity index (χ1) is 15.6. The van der Waals surface area contributed by atoms with Crippen LogP contribution >= 0.6 is 0 Å². The minimum absolute atomic E-state index is 0.0647. The third kappa shape index (κ3) is 5.98. The summed E-state index contributed by atoms with van der Waals surface area (Å²) in [4.78, 5) is 27.5. The van der Waals surface area contributed by atoms with Gasteiger partial charge in [0, 0.05) is 36.7 Å². The van der Waals surface area contributed by atoms with Crippen LogP contribution in [0, 0.1) is 17.7 Å². The van der Waals surface area contributed by atoms with Gasteiger partial charge in [0.25, 0.3) is 0 Å². The number of likely N-dealkylation sites (tertiary alicyclic amines) is 1. The summed E-state index contributed by atoms with van der Waals surface area (Å²) in [5.41, 5.74) is 0.557. The van der Waals surface area contributed by atoms with Crippen LogP contribution in [0.3, 0.4) is 0 Å². The first-order valence-corrected chi connectivity index (χ1v) is 12.1. The molecule has 2 saturated heterocycles. The van der Waals surface area contributed by atoms with Crippen molar-refractivity contribution in [3.8, 4) is 0 Å². The van der Waals surface area contributed by atoms with Crippen LogP contribution < -0.4 is 16.0 Å². The molecule has 1 aliphatic carbocycles. The lowest BCUT2D eigenvalue weighted by Crippen LogP contribution is -2.48. The Kier molecular flexibility index (Phi) is 7.97. The summed E-state index contributed by atoms with van der Waals surface area (Å²) >= 11 is 0. The molecular formula is C24H35FN4O3. The quantitative estimate of drug-likeness (QED) is 0.592. The van der Waals surface area contributed by atoms with Crippen LogP contribution in [-0.2, 0) is 9.53 Å². The van der Waals surface area contributed by atoms with Crippen molar-refractivity contribution in [1.82, 2.24) is 10.2 Å². The van der Waals surface area contributed by atoms with Gasteiger partial charge in [-0.25, -0.2) is 9.18 Å². The van der Waals surface area contributed by atoms with Crippen molar-refractivity contribution in [2.75, 3.05) is 43.5 Å². The van der Waals surface area contributed by atoms with E-state index in [9.17, 15) is 14.0 Å². The molecule has 1 saturated carbocycles. The van der Waals surface area contributed by atoms with Gasteiger partial charge in [-0.1, -0.05) is 19.3 Å². The molecule has 0 spiro atoms. The Morgan fingerprint density at radius 3 is 2.56 bits per heavy atom. The SMILES string of the molecule is O=C(NC[C@@H]([C@@H]1CCOC1)N1CCCC1)Nc1ccc(F)c(NC(=O)C2CCCCC2)c1. The van der Waals surface area contributed by atoms with E-state index in [1.54, 1.807) is 0 Å². The third-order valence-electron chi connectivity index (χ3n) is 7.05. The highest BCUT2D eigenvalue weighted by molar-refractivity contribution is 5.94. The van der Waals surface area contributed by atoms with E-state index in [0.717, 1.165) is 64.8 Å². The number of nitrogens with one attached hydrogen (secondary N) is 3. The molecule has 4 rings (SSSR count). The molecule has 8 heteroatoms. The van der Waals surface area contributed by atoms with Crippen molar-refractivity contribution in [2.24, 2.45) is 11.8 Å². The van der Waals surface area contributed by atoms with Gasteiger partial charge in [0.2, 0.25) is 5.91 Å². The van der Waals surface area contributed by atoms with Crippen molar-refractivity contribution >= 4 is 23.3 Å². The normalized spacial score (nSPS) is 23.1. The predicted octanol–water partition coefficient (Wildman–Crippen LogP) is 3.97. The summed E-state index contributed by atoms with van der Waals surface area (Å²) in [7, 11) is 0. The maximum atomic E-state index is 14.3. The number of hydrogen-bond donors (Lipinski definition) is 3. The van der Waals surface area contributed by atoms with Gasteiger partial charge in [0.1, 0.15) is 5.82 Å². The molecule has 3 fully saturated rings. The Balaban J connectivity index is 1.32. The average Bonchev–Trinajstić information content (AvgIpc) is 3.52.